The Morgan fingerprint density at radius 2 is 1.90 bits per heavy atom. The highest BCUT2D eigenvalue weighted by molar-refractivity contribution is 5.91. The zero-order chi connectivity index (χ0) is 21.0. The van der Waals surface area contributed by atoms with Crippen LogP contribution in [0.2, 0.25) is 0 Å². The Labute approximate surface area is 164 Å². The molecule has 1 atom stereocenters. The summed E-state index contributed by atoms with van der Waals surface area (Å²) in [6, 6.07) is 11.7. The molecule has 1 aromatic heterocycles. The summed E-state index contributed by atoms with van der Waals surface area (Å²) in [5.41, 5.74) is 1.65. The summed E-state index contributed by atoms with van der Waals surface area (Å²) < 4.78 is 40.3. The van der Waals surface area contributed by atoms with Gasteiger partial charge in [-0.05, 0) is 30.3 Å². The quantitative estimate of drug-likeness (QED) is 0.656. The van der Waals surface area contributed by atoms with E-state index >= 15 is 0 Å². The number of ether oxygens (including phenoxy) is 1. The van der Waals surface area contributed by atoms with Crippen LogP contribution in [0.3, 0.4) is 0 Å². The fraction of sp³-hybridized carbons (Fsp3) is 0.200. The van der Waals surface area contributed by atoms with Crippen LogP contribution in [0, 0.1) is 0 Å². The molecule has 0 spiro atoms. The molecule has 0 aliphatic rings. The zero-order valence-electron chi connectivity index (χ0n) is 15.4. The molecule has 1 amide bonds. The molecule has 0 fully saturated rings. The van der Waals surface area contributed by atoms with Gasteiger partial charge in [0.15, 0.2) is 6.54 Å². The van der Waals surface area contributed by atoms with E-state index in [4.69, 9.17) is 0 Å². The molecule has 29 heavy (non-hydrogen) atoms. The molecule has 0 bridgehead atoms. The van der Waals surface area contributed by atoms with Crippen molar-refractivity contribution in [3.05, 3.63) is 60.3 Å². The fourth-order valence-corrected chi connectivity index (χ4v) is 2.97. The number of quaternary nitrogens is 1. The number of amides is 1. The molecule has 0 saturated heterocycles. The SMILES string of the molecule is C[NH+](CC(=O)Nc1ccc(OC(F)(F)F)cc1)Cc1ccc([O-])c2ncccc12. The number of likely N-dealkylation sites (N-methyl/N-ethyl adjacent to an activating group) is 1. The van der Waals surface area contributed by atoms with Gasteiger partial charge in [0.2, 0.25) is 0 Å². The largest absolute Gasteiger partial charge is 0.871 e. The molecular weight excluding hydrogens is 387 g/mol. The summed E-state index contributed by atoms with van der Waals surface area (Å²) in [6.45, 7) is 0.621. The number of nitrogens with one attached hydrogen (secondary N) is 2. The Bertz CT molecular complexity index is 1010. The summed E-state index contributed by atoms with van der Waals surface area (Å²) in [5, 5.41) is 15.3. The van der Waals surface area contributed by atoms with Crippen molar-refractivity contribution in [3.8, 4) is 11.5 Å². The van der Waals surface area contributed by atoms with Crippen molar-refractivity contribution in [2.75, 3.05) is 18.9 Å². The van der Waals surface area contributed by atoms with Gasteiger partial charge >= 0.3 is 6.36 Å². The molecule has 1 heterocycles. The Morgan fingerprint density at radius 1 is 1.17 bits per heavy atom. The average molecular weight is 405 g/mol. The van der Waals surface area contributed by atoms with E-state index in [0.717, 1.165) is 28.0 Å². The summed E-state index contributed by atoms with van der Waals surface area (Å²) in [4.78, 5) is 17.2. The molecule has 3 rings (SSSR count). The number of anilines is 1. The Hall–Kier alpha value is -3.33. The molecule has 152 valence electrons. The third-order valence-corrected chi connectivity index (χ3v) is 4.15. The van der Waals surface area contributed by atoms with Crippen molar-refractivity contribution in [2.45, 2.75) is 12.9 Å². The number of benzene rings is 2. The predicted octanol–water partition coefficient (Wildman–Crippen LogP) is 1.86. The summed E-state index contributed by atoms with van der Waals surface area (Å²) in [7, 11) is 1.83. The van der Waals surface area contributed by atoms with Crippen LogP contribution < -0.4 is 20.1 Å². The molecule has 2 N–H and O–H groups in total. The Kier molecular flexibility index (Phi) is 5.88. The molecule has 0 aliphatic heterocycles. The lowest BCUT2D eigenvalue weighted by atomic mass is 10.1. The van der Waals surface area contributed by atoms with Gasteiger partial charge in [0, 0.05) is 22.8 Å². The average Bonchev–Trinajstić information content (AvgIpc) is 2.64. The third-order valence-electron chi connectivity index (χ3n) is 4.15. The highest BCUT2D eigenvalue weighted by atomic mass is 19.4. The van der Waals surface area contributed by atoms with Gasteiger partial charge in [-0.1, -0.05) is 23.9 Å². The number of carbonyl (C=O) groups is 1. The summed E-state index contributed by atoms with van der Waals surface area (Å²) in [6.07, 6.45) is -3.20. The van der Waals surface area contributed by atoms with Crippen LogP contribution in [-0.4, -0.2) is 30.8 Å². The molecule has 6 nitrogen and oxygen atoms in total. The minimum Gasteiger partial charge on any atom is -0.871 e. The number of halogens is 3. The van der Waals surface area contributed by atoms with Gasteiger partial charge < -0.3 is 20.1 Å². The van der Waals surface area contributed by atoms with Crippen LogP contribution in [0.15, 0.2) is 54.7 Å². The first kappa shape index (κ1) is 20.4. The normalized spacial score (nSPS) is 12.6. The second-order valence-corrected chi connectivity index (χ2v) is 6.55. The monoisotopic (exact) mass is 405 g/mol. The van der Waals surface area contributed by atoms with E-state index in [1.54, 1.807) is 18.3 Å². The lowest BCUT2D eigenvalue weighted by Crippen LogP contribution is -3.08. The molecule has 2 aromatic carbocycles. The van der Waals surface area contributed by atoms with E-state index in [1.807, 2.05) is 13.1 Å². The van der Waals surface area contributed by atoms with Gasteiger partial charge in [-0.25, -0.2) is 0 Å². The molecule has 0 radical (unpaired) electrons. The van der Waals surface area contributed by atoms with Crippen LogP contribution in [0.25, 0.3) is 10.9 Å². The van der Waals surface area contributed by atoms with Crippen LogP contribution in [0.4, 0.5) is 18.9 Å². The fourth-order valence-electron chi connectivity index (χ4n) is 2.97. The van der Waals surface area contributed by atoms with E-state index in [9.17, 15) is 23.1 Å². The molecule has 3 aromatic rings. The minimum absolute atomic E-state index is 0.127. The topological polar surface area (TPSA) is 78.7 Å². The van der Waals surface area contributed by atoms with E-state index in [-0.39, 0.29) is 24.0 Å². The third kappa shape index (κ3) is 5.58. The first-order chi connectivity index (χ1) is 13.7. The first-order valence-corrected chi connectivity index (χ1v) is 8.72. The van der Waals surface area contributed by atoms with Gasteiger partial charge in [-0.2, -0.15) is 0 Å². The van der Waals surface area contributed by atoms with E-state index < -0.39 is 6.36 Å². The van der Waals surface area contributed by atoms with Gasteiger partial charge in [-0.3, -0.25) is 9.78 Å². The number of fused-ring (bicyclic) bond motifs is 1. The van der Waals surface area contributed by atoms with Gasteiger partial charge in [0.25, 0.3) is 5.91 Å². The van der Waals surface area contributed by atoms with E-state index in [2.05, 4.69) is 15.0 Å². The molecule has 0 saturated carbocycles. The predicted molar refractivity (Wildman–Crippen MR) is 98.4 cm³/mol. The molecule has 9 heteroatoms. The number of rotatable bonds is 6. The van der Waals surface area contributed by atoms with Crippen molar-refractivity contribution < 1.29 is 32.7 Å². The van der Waals surface area contributed by atoms with Crippen LogP contribution in [0.1, 0.15) is 5.56 Å². The lowest BCUT2D eigenvalue weighted by Gasteiger charge is -2.17. The van der Waals surface area contributed by atoms with E-state index in [1.165, 1.54) is 18.2 Å². The molecule has 1 unspecified atom stereocenters. The van der Waals surface area contributed by atoms with Crippen molar-refractivity contribution in [1.82, 2.24) is 4.98 Å². The van der Waals surface area contributed by atoms with Crippen molar-refractivity contribution in [1.29, 1.82) is 0 Å². The standard InChI is InChI=1S/C20H18F3N3O3/c1-26(11-13-4-9-17(27)19-16(13)3-2-10-24-19)12-18(28)25-14-5-7-15(8-6-14)29-20(21,22)23/h2-10,27H,11-12H2,1H3,(H,25,28). The zero-order valence-corrected chi connectivity index (χ0v) is 15.4. The van der Waals surface area contributed by atoms with Gasteiger partial charge in [-0.15, -0.1) is 13.2 Å². The van der Waals surface area contributed by atoms with Crippen LogP contribution in [0.5, 0.6) is 11.5 Å². The van der Waals surface area contributed by atoms with E-state index in [0.29, 0.717) is 17.7 Å². The van der Waals surface area contributed by atoms with Crippen LogP contribution >= 0.6 is 0 Å². The highest BCUT2D eigenvalue weighted by Crippen LogP contribution is 2.24. The number of alkyl halides is 3. The van der Waals surface area contributed by atoms with Crippen molar-refractivity contribution >= 4 is 22.5 Å². The van der Waals surface area contributed by atoms with Crippen molar-refractivity contribution in [3.63, 3.8) is 0 Å². The smallest absolute Gasteiger partial charge is 0.573 e. The lowest BCUT2D eigenvalue weighted by molar-refractivity contribution is -0.885. The highest BCUT2D eigenvalue weighted by Gasteiger charge is 2.31. The number of hydrogen-bond donors (Lipinski definition) is 2. The Morgan fingerprint density at radius 3 is 2.59 bits per heavy atom. The maximum absolute atomic E-state index is 12.2. The molecular formula is C20H18F3N3O3. The van der Waals surface area contributed by atoms with Crippen molar-refractivity contribution in [2.24, 2.45) is 0 Å². The number of pyridine rings is 1. The van der Waals surface area contributed by atoms with Gasteiger partial charge in [0.1, 0.15) is 12.3 Å². The maximum atomic E-state index is 12.2. The maximum Gasteiger partial charge on any atom is 0.573 e. The number of hydrogen-bond acceptors (Lipinski definition) is 4. The molecule has 0 aliphatic carbocycles. The summed E-state index contributed by atoms with van der Waals surface area (Å²) in [5.74, 6) is -0.812. The Balaban J connectivity index is 1.59. The number of carbonyl (C=O) groups excluding carboxylic acids is 1. The first-order valence-electron chi connectivity index (χ1n) is 8.72. The number of nitrogens with zero attached hydrogens (tertiary/aromatic N) is 1. The van der Waals surface area contributed by atoms with Gasteiger partial charge in [0.05, 0.1) is 12.6 Å². The minimum atomic E-state index is -4.76. The summed E-state index contributed by atoms with van der Waals surface area (Å²) >= 11 is 0. The second kappa shape index (κ2) is 8.36. The number of aromatic nitrogens is 1. The van der Waals surface area contributed by atoms with Crippen LogP contribution in [-0.2, 0) is 11.3 Å². The second-order valence-electron chi connectivity index (χ2n) is 6.55.